The summed E-state index contributed by atoms with van der Waals surface area (Å²) in [6.07, 6.45) is 0. The molecule has 0 spiro atoms. The van der Waals surface area contributed by atoms with Gasteiger partial charge in [0.05, 0.1) is 11.4 Å². The predicted octanol–water partition coefficient (Wildman–Crippen LogP) is 2.79. The molecule has 0 unspecified atom stereocenters. The Morgan fingerprint density at radius 3 is 2.23 bits per heavy atom. The summed E-state index contributed by atoms with van der Waals surface area (Å²) in [5.41, 5.74) is 0.807. The summed E-state index contributed by atoms with van der Waals surface area (Å²) < 4.78 is 26.4. The molecule has 1 saturated heterocycles. The fourth-order valence-electron chi connectivity index (χ4n) is 2.36. The molecule has 2 aromatic rings. The molecule has 7 heteroatoms. The smallest absolute Gasteiger partial charge is 0.266 e. The number of nitrogens with zero attached hydrogens (tertiary/aromatic N) is 2. The highest BCUT2D eigenvalue weighted by Crippen LogP contribution is 2.25. The lowest BCUT2D eigenvalue weighted by molar-refractivity contribution is 0.539. The first-order valence-electron chi connectivity index (χ1n) is 6.69. The van der Waals surface area contributed by atoms with Gasteiger partial charge in [0.1, 0.15) is 0 Å². The van der Waals surface area contributed by atoms with Crippen LogP contribution in [0, 0.1) is 5.41 Å². The van der Waals surface area contributed by atoms with E-state index in [1.165, 1.54) is 24.3 Å². The maximum Gasteiger partial charge on any atom is 0.266 e. The van der Waals surface area contributed by atoms with E-state index in [4.69, 9.17) is 17.0 Å². The van der Waals surface area contributed by atoms with E-state index >= 15 is 0 Å². The second-order valence-electron chi connectivity index (χ2n) is 4.84. The second-order valence-corrected chi connectivity index (χ2v) is 7.14. The van der Waals surface area contributed by atoms with Crippen LogP contribution >= 0.6 is 11.6 Å². The molecule has 1 fully saturated rings. The number of sulfonamides is 1. The summed E-state index contributed by atoms with van der Waals surface area (Å²) in [4.78, 5) is 1.81. The lowest BCUT2D eigenvalue weighted by Gasteiger charge is -2.21. The Morgan fingerprint density at radius 2 is 1.59 bits per heavy atom. The average Bonchev–Trinajstić information content (AvgIpc) is 2.91. The molecular weight excluding hydrogens is 322 g/mol. The molecule has 0 aromatic heterocycles. The van der Waals surface area contributed by atoms with Gasteiger partial charge in [-0.2, -0.15) is 0 Å². The van der Waals surface area contributed by atoms with Crippen molar-refractivity contribution in [2.24, 2.45) is 0 Å². The molecule has 0 amide bonds. The number of hydrogen-bond acceptors (Lipinski definition) is 3. The number of benzene rings is 2. The third-order valence-electron chi connectivity index (χ3n) is 3.49. The van der Waals surface area contributed by atoms with E-state index in [-0.39, 0.29) is 17.4 Å². The van der Waals surface area contributed by atoms with Crippen LogP contribution in [0.1, 0.15) is 0 Å². The molecule has 22 heavy (non-hydrogen) atoms. The summed E-state index contributed by atoms with van der Waals surface area (Å²) in [5.74, 6) is -0.0406. The van der Waals surface area contributed by atoms with Gasteiger partial charge in [0.15, 0.2) is 0 Å². The molecule has 5 nitrogen and oxygen atoms in total. The maximum absolute atomic E-state index is 12.6. The topological polar surface area (TPSA) is 64.5 Å². The Balaban J connectivity index is 1.90. The highest BCUT2D eigenvalue weighted by Gasteiger charge is 2.35. The van der Waals surface area contributed by atoms with Crippen molar-refractivity contribution in [1.29, 1.82) is 5.41 Å². The molecular formula is C15H14ClN3O2S. The molecule has 0 radical (unpaired) electrons. The van der Waals surface area contributed by atoms with Crippen molar-refractivity contribution in [3.63, 3.8) is 0 Å². The monoisotopic (exact) mass is 335 g/mol. The van der Waals surface area contributed by atoms with E-state index in [9.17, 15) is 8.42 Å². The molecule has 114 valence electrons. The summed E-state index contributed by atoms with van der Waals surface area (Å²) in [7, 11) is -3.74. The Bertz CT molecular complexity index is 791. The van der Waals surface area contributed by atoms with Crippen molar-refractivity contribution in [1.82, 2.24) is 4.31 Å². The molecule has 1 heterocycles. The van der Waals surface area contributed by atoms with Crippen LogP contribution in [0.3, 0.4) is 0 Å². The largest absolute Gasteiger partial charge is 0.310 e. The number of nitrogens with one attached hydrogen (secondary N) is 1. The number of rotatable bonds is 3. The van der Waals surface area contributed by atoms with Gasteiger partial charge in [-0.3, -0.25) is 5.41 Å². The van der Waals surface area contributed by atoms with Gasteiger partial charge < -0.3 is 4.90 Å². The number of para-hydroxylation sites is 1. The standard InChI is InChI=1S/C15H14ClN3O2S/c16-12-6-8-14(9-7-12)22(20,21)19-11-10-18(15(19)17)13-4-2-1-3-5-13/h1-9,17H,10-11H2. The minimum absolute atomic E-state index is 0.0406. The fourth-order valence-corrected chi connectivity index (χ4v) is 3.87. The van der Waals surface area contributed by atoms with Crippen molar-refractivity contribution < 1.29 is 8.42 Å². The van der Waals surface area contributed by atoms with Gasteiger partial charge in [0.2, 0.25) is 5.96 Å². The first-order valence-corrected chi connectivity index (χ1v) is 8.51. The molecule has 3 rings (SSSR count). The Labute approximate surface area is 134 Å². The van der Waals surface area contributed by atoms with Crippen molar-refractivity contribution in [3.8, 4) is 0 Å². The maximum atomic E-state index is 12.6. The Morgan fingerprint density at radius 1 is 0.955 bits per heavy atom. The zero-order valence-electron chi connectivity index (χ0n) is 11.6. The van der Waals surface area contributed by atoms with Gasteiger partial charge >= 0.3 is 0 Å². The minimum atomic E-state index is -3.74. The summed E-state index contributed by atoms with van der Waals surface area (Å²) in [5, 5.41) is 8.67. The number of guanidine groups is 1. The van der Waals surface area contributed by atoms with Crippen LogP contribution in [0.4, 0.5) is 5.69 Å². The number of hydrogen-bond donors (Lipinski definition) is 1. The van der Waals surface area contributed by atoms with Crippen LogP contribution < -0.4 is 4.90 Å². The average molecular weight is 336 g/mol. The van der Waals surface area contributed by atoms with Crippen LogP contribution in [0.15, 0.2) is 59.5 Å². The lowest BCUT2D eigenvalue weighted by Crippen LogP contribution is -2.36. The Hall–Kier alpha value is -2.05. The van der Waals surface area contributed by atoms with Crippen LogP contribution in [0.2, 0.25) is 5.02 Å². The van der Waals surface area contributed by atoms with Crippen LogP contribution in [0.25, 0.3) is 0 Å². The van der Waals surface area contributed by atoms with E-state index < -0.39 is 10.0 Å². The van der Waals surface area contributed by atoms with Crippen molar-refractivity contribution in [2.75, 3.05) is 18.0 Å². The highest BCUT2D eigenvalue weighted by atomic mass is 35.5. The van der Waals surface area contributed by atoms with Crippen molar-refractivity contribution >= 4 is 33.3 Å². The van der Waals surface area contributed by atoms with E-state index in [1.807, 2.05) is 30.3 Å². The highest BCUT2D eigenvalue weighted by molar-refractivity contribution is 7.89. The van der Waals surface area contributed by atoms with Gasteiger partial charge in [0.25, 0.3) is 10.0 Å². The second kappa shape index (κ2) is 5.62. The fraction of sp³-hybridized carbons (Fsp3) is 0.133. The van der Waals surface area contributed by atoms with Crippen LogP contribution in [-0.4, -0.2) is 31.8 Å². The quantitative estimate of drug-likeness (QED) is 0.938. The van der Waals surface area contributed by atoms with E-state index in [1.54, 1.807) is 4.90 Å². The van der Waals surface area contributed by atoms with Gasteiger partial charge in [-0.15, -0.1) is 0 Å². The minimum Gasteiger partial charge on any atom is -0.310 e. The third kappa shape index (κ3) is 2.55. The van der Waals surface area contributed by atoms with Gasteiger partial charge in [-0.05, 0) is 36.4 Å². The van der Waals surface area contributed by atoms with Gasteiger partial charge in [0, 0.05) is 17.3 Å². The molecule has 0 bridgehead atoms. The molecule has 1 N–H and O–H groups in total. The molecule has 0 atom stereocenters. The van der Waals surface area contributed by atoms with Gasteiger partial charge in [-0.25, -0.2) is 12.7 Å². The molecule has 2 aromatic carbocycles. The third-order valence-corrected chi connectivity index (χ3v) is 5.54. The van der Waals surface area contributed by atoms with Crippen molar-refractivity contribution in [3.05, 3.63) is 59.6 Å². The van der Waals surface area contributed by atoms with E-state index in [0.717, 1.165) is 9.99 Å². The van der Waals surface area contributed by atoms with Gasteiger partial charge in [-0.1, -0.05) is 29.8 Å². The number of anilines is 1. The normalized spacial score (nSPS) is 15.4. The first-order chi connectivity index (χ1) is 10.5. The molecule has 1 aliphatic heterocycles. The predicted molar refractivity (Wildman–Crippen MR) is 86.9 cm³/mol. The SMILES string of the molecule is N=C1N(c2ccccc2)CCN1S(=O)(=O)c1ccc(Cl)cc1. The summed E-state index contributed by atoms with van der Waals surface area (Å²) in [6.45, 7) is 0.703. The number of halogens is 1. The first kappa shape index (κ1) is 14.9. The van der Waals surface area contributed by atoms with Crippen molar-refractivity contribution in [2.45, 2.75) is 4.90 Å². The molecule has 0 aliphatic carbocycles. The zero-order chi connectivity index (χ0) is 15.7. The molecule has 1 aliphatic rings. The summed E-state index contributed by atoms with van der Waals surface area (Å²) >= 11 is 5.79. The molecule has 0 saturated carbocycles. The Kier molecular flexibility index (Phi) is 3.80. The lowest BCUT2D eigenvalue weighted by atomic mass is 10.3. The van der Waals surface area contributed by atoms with Crippen LogP contribution in [-0.2, 0) is 10.0 Å². The van der Waals surface area contributed by atoms with E-state index in [2.05, 4.69) is 0 Å². The van der Waals surface area contributed by atoms with E-state index in [0.29, 0.717) is 11.6 Å². The zero-order valence-corrected chi connectivity index (χ0v) is 13.2. The van der Waals surface area contributed by atoms with Crippen LogP contribution in [0.5, 0.6) is 0 Å². The summed E-state index contributed by atoms with van der Waals surface area (Å²) in [6, 6.07) is 15.3.